The lowest BCUT2D eigenvalue weighted by molar-refractivity contribution is -0.740. The second-order valence-electron chi connectivity index (χ2n) is 6.87. The van der Waals surface area contributed by atoms with E-state index in [1.807, 2.05) is 0 Å². The maximum Gasteiger partial charge on any atom is 0.262 e. The average Bonchev–Trinajstić information content (AvgIpc) is 2.55. The Bertz CT molecular complexity index is 553. The molecule has 0 aliphatic rings. The second-order valence-corrected chi connectivity index (χ2v) is 6.87. The summed E-state index contributed by atoms with van der Waals surface area (Å²) in [6.07, 6.45) is 4.24. The van der Waals surface area contributed by atoms with Crippen LogP contribution in [0, 0.1) is 0 Å². The second kappa shape index (κ2) is 4.01. The van der Waals surface area contributed by atoms with Gasteiger partial charge in [-0.25, -0.2) is 8.97 Å². The van der Waals surface area contributed by atoms with Gasteiger partial charge in [-0.2, -0.15) is 0 Å². The van der Waals surface area contributed by atoms with E-state index in [0.29, 0.717) is 0 Å². The van der Waals surface area contributed by atoms with Crippen LogP contribution in [0.3, 0.4) is 0 Å². The van der Waals surface area contributed by atoms with Gasteiger partial charge in [-0.3, -0.25) is 5.32 Å². The van der Waals surface area contributed by atoms with E-state index >= 15 is 0 Å². The minimum atomic E-state index is 0.0463. The van der Waals surface area contributed by atoms with Crippen LogP contribution in [-0.4, -0.2) is 9.94 Å². The van der Waals surface area contributed by atoms with Crippen LogP contribution in [0.2, 0.25) is 0 Å². The van der Waals surface area contributed by atoms with Crippen molar-refractivity contribution < 1.29 is 4.57 Å². The smallest absolute Gasteiger partial charge is 0.262 e. The predicted octanol–water partition coefficient (Wildman–Crippen LogP) is 3.19. The zero-order valence-corrected chi connectivity index (χ0v) is 12.3. The molecule has 0 aliphatic carbocycles. The van der Waals surface area contributed by atoms with Crippen LogP contribution >= 0.6 is 0 Å². The van der Waals surface area contributed by atoms with Crippen LogP contribution < -0.4 is 9.88 Å². The van der Waals surface area contributed by atoms with Crippen LogP contribution in [0.15, 0.2) is 30.7 Å². The normalized spacial score (nSPS) is 13.0. The Morgan fingerprint density at radius 3 is 2.28 bits per heavy atom. The summed E-state index contributed by atoms with van der Waals surface area (Å²) in [4.78, 5) is 0. The van der Waals surface area contributed by atoms with Crippen molar-refractivity contribution >= 4 is 11.3 Å². The van der Waals surface area contributed by atoms with Crippen molar-refractivity contribution in [3.05, 3.63) is 30.7 Å². The largest absolute Gasteiger partial charge is 0.298 e. The van der Waals surface area contributed by atoms with E-state index in [1.54, 1.807) is 0 Å². The Morgan fingerprint density at radius 1 is 1.06 bits per heavy atom. The van der Waals surface area contributed by atoms with Crippen molar-refractivity contribution in [2.75, 3.05) is 5.32 Å². The molecule has 0 radical (unpaired) electrons. The first-order valence-corrected chi connectivity index (χ1v) is 6.48. The van der Waals surface area contributed by atoms with Gasteiger partial charge in [-0.1, -0.05) is 6.07 Å². The minimum Gasteiger partial charge on any atom is -0.298 e. The van der Waals surface area contributed by atoms with Crippen molar-refractivity contribution in [1.82, 2.24) is 4.40 Å². The Kier molecular flexibility index (Phi) is 2.88. The van der Waals surface area contributed by atoms with E-state index < -0.39 is 0 Å². The maximum atomic E-state index is 3.62. The molecule has 2 heterocycles. The molecule has 2 aromatic heterocycles. The summed E-state index contributed by atoms with van der Waals surface area (Å²) in [5.74, 6) is 1.18. The van der Waals surface area contributed by atoms with Gasteiger partial charge in [0.25, 0.3) is 5.82 Å². The number of imidazole rings is 1. The Hall–Kier alpha value is -1.51. The first kappa shape index (κ1) is 12.9. The van der Waals surface area contributed by atoms with E-state index in [9.17, 15) is 0 Å². The third-order valence-corrected chi connectivity index (χ3v) is 2.83. The molecule has 0 amide bonds. The first-order chi connectivity index (χ1) is 8.18. The summed E-state index contributed by atoms with van der Waals surface area (Å²) in [5, 5.41) is 3.62. The lowest BCUT2D eigenvalue weighted by Gasteiger charge is -2.23. The molecule has 0 saturated carbocycles. The molecule has 0 spiro atoms. The standard InChI is InChI=1S/C15H24N3/c1-14(2,3)16-13-12-9-7-8-10-17(12)11-18(13)15(4,5)6/h7-11,16H,1-6H3/q+1. The molecule has 3 nitrogen and oxygen atoms in total. The summed E-state index contributed by atoms with van der Waals surface area (Å²) >= 11 is 0. The lowest BCUT2D eigenvalue weighted by atomic mass is 10.1. The fourth-order valence-electron chi connectivity index (χ4n) is 2.05. The van der Waals surface area contributed by atoms with Crippen molar-refractivity contribution in [2.45, 2.75) is 52.6 Å². The van der Waals surface area contributed by atoms with E-state index in [2.05, 4.69) is 86.6 Å². The molecule has 0 atom stereocenters. The van der Waals surface area contributed by atoms with E-state index in [-0.39, 0.29) is 11.1 Å². The van der Waals surface area contributed by atoms with Crippen LogP contribution in [0.25, 0.3) is 5.52 Å². The summed E-state index contributed by atoms with van der Waals surface area (Å²) in [6.45, 7) is 13.2. The Morgan fingerprint density at radius 2 is 1.72 bits per heavy atom. The first-order valence-electron chi connectivity index (χ1n) is 6.48. The van der Waals surface area contributed by atoms with Gasteiger partial charge in [-0.15, -0.1) is 0 Å². The van der Waals surface area contributed by atoms with E-state index in [4.69, 9.17) is 0 Å². The van der Waals surface area contributed by atoms with Gasteiger partial charge in [0.2, 0.25) is 0 Å². The monoisotopic (exact) mass is 246 g/mol. The van der Waals surface area contributed by atoms with Gasteiger partial charge < -0.3 is 0 Å². The minimum absolute atomic E-state index is 0.0463. The van der Waals surface area contributed by atoms with Gasteiger partial charge in [0, 0.05) is 0 Å². The topological polar surface area (TPSA) is 20.3 Å². The highest BCUT2D eigenvalue weighted by atomic mass is 15.2. The van der Waals surface area contributed by atoms with Crippen molar-refractivity contribution in [3.63, 3.8) is 0 Å². The summed E-state index contributed by atoms with van der Waals surface area (Å²) < 4.78 is 4.47. The van der Waals surface area contributed by atoms with E-state index in [1.165, 1.54) is 11.3 Å². The van der Waals surface area contributed by atoms with Crippen LogP contribution in [0.1, 0.15) is 41.5 Å². The fraction of sp³-hybridized carbons (Fsp3) is 0.533. The molecule has 2 rings (SSSR count). The number of pyridine rings is 1. The molecular formula is C15H24N3+. The SMILES string of the molecule is CC(C)(C)Nc1c2ccccn2c[n+]1C(C)(C)C. The molecule has 98 valence electrons. The molecule has 0 aliphatic heterocycles. The average molecular weight is 246 g/mol. The zero-order chi connectivity index (χ0) is 13.6. The Labute approximate surface area is 109 Å². The number of aromatic nitrogens is 2. The van der Waals surface area contributed by atoms with Crippen LogP contribution in [0.4, 0.5) is 5.82 Å². The molecule has 0 aromatic carbocycles. The number of nitrogens with one attached hydrogen (secondary N) is 1. The van der Waals surface area contributed by atoms with Crippen molar-refractivity contribution in [1.29, 1.82) is 0 Å². The molecule has 0 fully saturated rings. The molecule has 18 heavy (non-hydrogen) atoms. The number of anilines is 1. The third-order valence-electron chi connectivity index (χ3n) is 2.83. The molecular weight excluding hydrogens is 222 g/mol. The van der Waals surface area contributed by atoms with Gasteiger partial charge in [0.1, 0.15) is 0 Å². The van der Waals surface area contributed by atoms with Crippen LogP contribution in [0.5, 0.6) is 0 Å². The van der Waals surface area contributed by atoms with Crippen molar-refractivity contribution in [3.8, 4) is 0 Å². The summed E-state index contributed by atoms with van der Waals surface area (Å²) in [5.41, 5.74) is 1.31. The Balaban J connectivity index is 2.66. The third kappa shape index (κ3) is 2.50. The highest BCUT2D eigenvalue weighted by Gasteiger charge is 2.28. The zero-order valence-electron chi connectivity index (χ0n) is 12.3. The fourth-order valence-corrected chi connectivity index (χ4v) is 2.05. The molecule has 0 unspecified atom stereocenters. The maximum absolute atomic E-state index is 3.62. The summed E-state index contributed by atoms with van der Waals surface area (Å²) in [6, 6.07) is 6.29. The van der Waals surface area contributed by atoms with Gasteiger partial charge in [0.05, 0.1) is 17.3 Å². The highest BCUT2D eigenvalue weighted by molar-refractivity contribution is 5.65. The number of hydrogen-bond acceptors (Lipinski definition) is 1. The number of rotatable bonds is 1. The number of fused-ring (bicyclic) bond motifs is 1. The quantitative estimate of drug-likeness (QED) is 0.766. The van der Waals surface area contributed by atoms with Crippen molar-refractivity contribution in [2.24, 2.45) is 0 Å². The highest BCUT2D eigenvalue weighted by Crippen LogP contribution is 2.21. The van der Waals surface area contributed by atoms with Gasteiger partial charge >= 0.3 is 0 Å². The predicted molar refractivity (Wildman–Crippen MR) is 76.0 cm³/mol. The molecule has 0 saturated heterocycles. The molecule has 2 aromatic rings. The number of hydrogen-bond donors (Lipinski definition) is 1. The molecule has 0 bridgehead atoms. The lowest BCUT2D eigenvalue weighted by Crippen LogP contribution is -2.51. The van der Waals surface area contributed by atoms with Crippen LogP contribution in [-0.2, 0) is 5.54 Å². The number of nitrogens with zero attached hydrogens (tertiary/aromatic N) is 2. The van der Waals surface area contributed by atoms with E-state index in [0.717, 1.165) is 0 Å². The molecule has 1 N–H and O–H groups in total. The molecule has 3 heteroatoms. The summed E-state index contributed by atoms with van der Waals surface area (Å²) in [7, 11) is 0. The van der Waals surface area contributed by atoms with Gasteiger partial charge in [-0.05, 0) is 53.7 Å². The van der Waals surface area contributed by atoms with Gasteiger partial charge in [0.15, 0.2) is 11.8 Å².